The van der Waals surface area contributed by atoms with Gasteiger partial charge >= 0.3 is 11.9 Å². The van der Waals surface area contributed by atoms with Crippen LogP contribution in [0.1, 0.15) is 61.8 Å². The summed E-state index contributed by atoms with van der Waals surface area (Å²) in [5.74, 6) is -0.570. The maximum absolute atomic E-state index is 12.2. The molecule has 0 heterocycles. The zero-order chi connectivity index (χ0) is 20.2. The fourth-order valence-corrected chi connectivity index (χ4v) is 3.12. The van der Waals surface area contributed by atoms with Crippen LogP contribution in [-0.2, 0) is 0 Å². The van der Waals surface area contributed by atoms with Crippen LogP contribution >= 0.6 is 0 Å². The predicted molar refractivity (Wildman–Crippen MR) is 104 cm³/mol. The molecule has 0 bridgehead atoms. The van der Waals surface area contributed by atoms with Crippen molar-refractivity contribution in [3.63, 3.8) is 0 Å². The lowest BCUT2D eigenvalue weighted by Gasteiger charge is -2.33. The van der Waals surface area contributed by atoms with Gasteiger partial charge in [0, 0.05) is 0 Å². The van der Waals surface area contributed by atoms with Gasteiger partial charge < -0.3 is 14.6 Å². The van der Waals surface area contributed by atoms with Gasteiger partial charge in [-0.05, 0) is 74.2 Å². The number of carbonyl (C=O) groups excluding carboxylic acids is 1. The average molecular weight is 370 g/mol. The summed E-state index contributed by atoms with van der Waals surface area (Å²) in [4.78, 5) is 23.1. The fraction of sp³-hybridized carbons (Fsp3) is 0.364. The second-order valence-electron chi connectivity index (χ2n) is 8.34. The Kier molecular flexibility index (Phi) is 5.94. The minimum atomic E-state index is -1.03. The summed E-state index contributed by atoms with van der Waals surface area (Å²) >= 11 is 0. The van der Waals surface area contributed by atoms with Crippen molar-refractivity contribution in [2.75, 3.05) is 0 Å². The number of carboxylic acids is 1. The van der Waals surface area contributed by atoms with E-state index >= 15 is 0 Å². The lowest BCUT2D eigenvalue weighted by Crippen LogP contribution is -2.33. The largest absolute Gasteiger partial charge is 0.488 e. The van der Waals surface area contributed by atoms with E-state index in [1.54, 1.807) is 24.3 Å². The Morgan fingerprint density at radius 2 is 1.30 bits per heavy atom. The highest BCUT2D eigenvalue weighted by Gasteiger charge is 2.27. The van der Waals surface area contributed by atoms with Crippen molar-refractivity contribution >= 4 is 11.9 Å². The standard InChI is InChI=1S/C22H26O5/c1-21(2,3)14-22(4,5)27-18-12-8-16(9-13-18)20(25)26-17-10-6-15(7-11-17)19(23)24/h6-13H,14H2,1-5H3,(H,23,24). The zero-order valence-electron chi connectivity index (χ0n) is 16.4. The highest BCUT2D eigenvalue weighted by Crippen LogP contribution is 2.31. The zero-order valence-corrected chi connectivity index (χ0v) is 16.4. The van der Waals surface area contributed by atoms with Crippen LogP contribution in [0.15, 0.2) is 48.5 Å². The van der Waals surface area contributed by atoms with E-state index in [2.05, 4.69) is 20.8 Å². The number of hydrogen-bond acceptors (Lipinski definition) is 4. The quantitative estimate of drug-likeness (QED) is 0.559. The van der Waals surface area contributed by atoms with Gasteiger partial charge in [-0.25, -0.2) is 9.59 Å². The van der Waals surface area contributed by atoms with Crippen molar-refractivity contribution < 1.29 is 24.2 Å². The molecule has 0 saturated heterocycles. The first-order valence-corrected chi connectivity index (χ1v) is 8.80. The highest BCUT2D eigenvalue weighted by atomic mass is 16.5. The third-order valence-electron chi connectivity index (χ3n) is 3.75. The number of carboxylic acid groups (broad SMARTS) is 1. The second kappa shape index (κ2) is 7.82. The number of hydrogen-bond donors (Lipinski definition) is 1. The Bertz CT molecular complexity index is 796. The molecule has 0 radical (unpaired) electrons. The van der Waals surface area contributed by atoms with Gasteiger partial charge in [-0.1, -0.05) is 20.8 Å². The van der Waals surface area contributed by atoms with Gasteiger partial charge in [0.25, 0.3) is 0 Å². The molecule has 5 nitrogen and oxygen atoms in total. The Morgan fingerprint density at radius 3 is 1.78 bits per heavy atom. The van der Waals surface area contributed by atoms with Crippen LogP contribution in [0, 0.1) is 5.41 Å². The monoisotopic (exact) mass is 370 g/mol. The molecule has 5 heteroatoms. The van der Waals surface area contributed by atoms with Crippen LogP contribution in [0.2, 0.25) is 0 Å². The van der Waals surface area contributed by atoms with E-state index in [9.17, 15) is 9.59 Å². The fourth-order valence-electron chi connectivity index (χ4n) is 3.12. The number of ether oxygens (including phenoxy) is 2. The average Bonchev–Trinajstić information content (AvgIpc) is 2.53. The first kappa shape index (κ1) is 20.5. The first-order chi connectivity index (χ1) is 12.5. The van der Waals surface area contributed by atoms with E-state index in [0.29, 0.717) is 11.3 Å². The lowest BCUT2D eigenvalue weighted by atomic mass is 9.83. The van der Waals surface area contributed by atoms with Gasteiger partial charge in [-0.3, -0.25) is 0 Å². The van der Waals surface area contributed by atoms with Crippen molar-refractivity contribution in [3.05, 3.63) is 59.7 Å². The molecule has 2 rings (SSSR count). The SMILES string of the molecule is CC(C)(C)CC(C)(C)Oc1ccc(C(=O)Oc2ccc(C(=O)O)cc2)cc1. The Hall–Kier alpha value is -2.82. The summed E-state index contributed by atoms with van der Waals surface area (Å²) in [5, 5.41) is 8.88. The normalized spacial score (nSPS) is 11.7. The van der Waals surface area contributed by atoms with Crippen molar-refractivity contribution in [2.24, 2.45) is 5.41 Å². The molecule has 0 aliphatic heterocycles. The van der Waals surface area contributed by atoms with Crippen LogP contribution < -0.4 is 9.47 Å². The van der Waals surface area contributed by atoms with E-state index in [1.165, 1.54) is 24.3 Å². The molecule has 0 amide bonds. The Balaban J connectivity index is 2.01. The van der Waals surface area contributed by atoms with Crippen molar-refractivity contribution in [1.29, 1.82) is 0 Å². The van der Waals surface area contributed by atoms with E-state index in [4.69, 9.17) is 14.6 Å². The third kappa shape index (κ3) is 6.44. The lowest BCUT2D eigenvalue weighted by molar-refractivity contribution is 0.0621. The highest BCUT2D eigenvalue weighted by molar-refractivity contribution is 5.91. The smallest absolute Gasteiger partial charge is 0.343 e. The molecule has 0 aliphatic rings. The molecule has 0 unspecified atom stereocenters. The minimum Gasteiger partial charge on any atom is -0.488 e. The van der Waals surface area contributed by atoms with E-state index in [0.717, 1.165) is 6.42 Å². The summed E-state index contributed by atoms with van der Waals surface area (Å²) in [7, 11) is 0. The van der Waals surface area contributed by atoms with Crippen LogP contribution in [0.3, 0.4) is 0 Å². The van der Waals surface area contributed by atoms with Gasteiger partial charge in [0.15, 0.2) is 0 Å². The van der Waals surface area contributed by atoms with E-state index in [-0.39, 0.29) is 22.3 Å². The molecule has 0 atom stereocenters. The van der Waals surface area contributed by atoms with Gasteiger partial charge in [0.05, 0.1) is 11.1 Å². The maximum Gasteiger partial charge on any atom is 0.343 e. The molecule has 1 N–H and O–H groups in total. The van der Waals surface area contributed by atoms with Crippen LogP contribution in [0.5, 0.6) is 11.5 Å². The maximum atomic E-state index is 12.2. The third-order valence-corrected chi connectivity index (χ3v) is 3.75. The van der Waals surface area contributed by atoms with Crippen LogP contribution in [-0.4, -0.2) is 22.6 Å². The molecular weight excluding hydrogens is 344 g/mol. The van der Waals surface area contributed by atoms with E-state index < -0.39 is 11.9 Å². The number of rotatable bonds is 6. The second-order valence-corrected chi connectivity index (χ2v) is 8.34. The molecule has 0 spiro atoms. The number of benzene rings is 2. The summed E-state index contributed by atoms with van der Waals surface area (Å²) in [5.41, 5.74) is 0.336. The van der Waals surface area contributed by atoms with Gasteiger partial charge in [0.2, 0.25) is 0 Å². The van der Waals surface area contributed by atoms with Crippen molar-refractivity contribution in [1.82, 2.24) is 0 Å². The summed E-state index contributed by atoms with van der Waals surface area (Å²) in [6.07, 6.45) is 0.885. The molecule has 2 aromatic rings. The topological polar surface area (TPSA) is 72.8 Å². The number of aromatic carboxylic acids is 1. The molecule has 0 fully saturated rings. The van der Waals surface area contributed by atoms with E-state index in [1.807, 2.05) is 13.8 Å². The van der Waals surface area contributed by atoms with Gasteiger partial charge in [0.1, 0.15) is 17.1 Å². The Morgan fingerprint density at radius 1 is 0.815 bits per heavy atom. The Labute approximate surface area is 159 Å². The molecule has 0 aliphatic carbocycles. The van der Waals surface area contributed by atoms with Gasteiger partial charge in [-0.2, -0.15) is 0 Å². The van der Waals surface area contributed by atoms with Gasteiger partial charge in [-0.15, -0.1) is 0 Å². The molecule has 2 aromatic carbocycles. The van der Waals surface area contributed by atoms with Crippen molar-refractivity contribution in [2.45, 2.75) is 46.6 Å². The molecular formula is C22H26O5. The summed E-state index contributed by atoms with van der Waals surface area (Å²) in [6, 6.07) is 12.5. The predicted octanol–water partition coefficient (Wildman–Crippen LogP) is 5.20. The summed E-state index contributed by atoms with van der Waals surface area (Å²) in [6.45, 7) is 10.6. The molecule has 27 heavy (non-hydrogen) atoms. The van der Waals surface area contributed by atoms with Crippen LogP contribution in [0.4, 0.5) is 0 Å². The van der Waals surface area contributed by atoms with Crippen LogP contribution in [0.25, 0.3) is 0 Å². The first-order valence-electron chi connectivity index (χ1n) is 8.80. The van der Waals surface area contributed by atoms with Crippen molar-refractivity contribution in [3.8, 4) is 11.5 Å². The molecule has 0 saturated carbocycles. The number of carbonyl (C=O) groups is 2. The summed E-state index contributed by atoms with van der Waals surface area (Å²) < 4.78 is 11.3. The number of esters is 1. The minimum absolute atomic E-state index is 0.133. The molecule has 144 valence electrons. The molecule has 0 aromatic heterocycles.